The Bertz CT molecular complexity index is 1470. The summed E-state index contributed by atoms with van der Waals surface area (Å²) in [6, 6.07) is -0.833. The van der Waals surface area contributed by atoms with E-state index in [0.29, 0.717) is 19.4 Å². The van der Waals surface area contributed by atoms with Crippen LogP contribution in [0.1, 0.15) is 258 Å². The summed E-state index contributed by atoms with van der Waals surface area (Å²) < 4.78 is 16.6. The molecule has 434 valence electrons. The van der Waals surface area contributed by atoms with Gasteiger partial charge in [-0.3, -0.25) is 9.59 Å². The van der Waals surface area contributed by atoms with Gasteiger partial charge in [-0.25, -0.2) is 0 Å². The topological polar surface area (TPSA) is 175 Å². The normalized spacial score (nSPS) is 19.3. The second kappa shape index (κ2) is 53.1. The van der Waals surface area contributed by atoms with Crippen LogP contribution < -0.4 is 5.32 Å². The fourth-order valence-corrected chi connectivity index (χ4v) is 9.13. The number of amides is 1. The van der Waals surface area contributed by atoms with Crippen molar-refractivity contribution in [2.24, 2.45) is 0 Å². The summed E-state index contributed by atoms with van der Waals surface area (Å²) in [5, 5.41) is 54.3. The zero-order valence-electron chi connectivity index (χ0n) is 47.7. The van der Waals surface area contributed by atoms with Crippen molar-refractivity contribution < 1.29 is 49.3 Å². The predicted molar refractivity (Wildman–Crippen MR) is 310 cm³/mol. The molecule has 0 radical (unpaired) electrons. The van der Waals surface area contributed by atoms with Crippen LogP contribution >= 0.6 is 0 Å². The van der Waals surface area contributed by atoms with Crippen LogP contribution in [0.25, 0.3) is 0 Å². The zero-order valence-corrected chi connectivity index (χ0v) is 47.7. The van der Waals surface area contributed by atoms with Gasteiger partial charge < -0.3 is 45.1 Å². The van der Waals surface area contributed by atoms with E-state index in [9.17, 15) is 35.1 Å². The van der Waals surface area contributed by atoms with Crippen LogP contribution in [0.15, 0.2) is 72.9 Å². The van der Waals surface area contributed by atoms with E-state index in [1.165, 1.54) is 141 Å². The Morgan fingerprint density at radius 1 is 0.493 bits per heavy atom. The molecule has 0 aromatic heterocycles. The van der Waals surface area contributed by atoms with Crippen molar-refractivity contribution in [3.05, 3.63) is 72.9 Å². The predicted octanol–water partition coefficient (Wildman–Crippen LogP) is 14.4. The summed E-state index contributed by atoms with van der Waals surface area (Å²) in [5.41, 5.74) is 0. The van der Waals surface area contributed by atoms with Gasteiger partial charge in [0.2, 0.25) is 5.91 Å². The van der Waals surface area contributed by atoms with Crippen molar-refractivity contribution in [1.82, 2.24) is 5.32 Å². The summed E-state index contributed by atoms with van der Waals surface area (Å²) >= 11 is 0. The lowest BCUT2D eigenvalue weighted by molar-refractivity contribution is -0.302. The average Bonchev–Trinajstić information content (AvgIpc) is 3.41. The van der Waals surface area contributed by atoms with Gasteiger partial charge >= 0.3 is 5.97 Å². The number of aliphatic hydroxyl groups excluding tert-OH is 5. The molecule has 75 heavy (non-hydrogen) atoms. The van der Waals surface area contributed by atoms with Crippen LogP contribution in [-0.4, -0.2) is 100 Å². The number of hydrogen-bond donors (Lipinski definition) is 6. The molecule has 1 rings (SSSR count). The Morgan fingerprint density at radius 3 is 1.44 bits per heavy atom. The quantitative estimate of drug-likeness (QED) is 0.0195. The van der Waals surface area contributed by atoms with Crippen molar-refractivity contribution in [3.8, 4) is 0 Å². The number of nitrogens with one attached hydrogen (secondary N) is 1. The van der Waals surface area contributed by atoms with E-state index in [-0.39, 0.29) is 18.5 Å². The zero-order chi connectivity index (χ0) is 54.5. The van der Waals surface area contributed by atoms with Crippen LogP contribution in [0.4, 0.5) is 0 Å². The van der Waals surface area contributed by atoms with E-state index >= 15 is 0 Å². The summed E-state index contributed by atoms with van der Waals surface area (Å²) in [4.78, 5) is 25.1. The fraction of sp³-hybridized carbons (Fsp3) is 0.781. The van der Waals surface area contributed by atoms with Gasteiger partial charge in [0.05, 0.1) is 32.0 Å². The highest BCUT2D eigenvalue weighted by atomic mass is 16.7. The molecule has 1 aliphatic heterocycles. The van der Waals surface area contributed by atoms with Gasteiger partial charge in [-0.2, -0.15) is 0 Å². The lowest BCUT2D eigenvalue weighted by Crippen LogP contribution is -2.60. The van der Waals surface area contributed by atoms with E-state index in [0.717, 1.165) is 89.9 Å². The molecule has 11 nitrogen and oxygen atoms in total. The maximum absolute atomic E-state index is 13.0. The molecule has 0 aromatic rings. The standard InChI is InChI=1S/C64H113NO10/c1-3-5-7-9-11-13-15-17-28-32-36-40-44-48-52-60(69)73-53-49-45-41-37-33-29-26-24-22-20-18-19-21-23-25-27-31-35-39-43-47-51-59(68)65-56(55-74-64-63(72)62(71)61(70)58(54-66)75-64)57(67)50-46-42-38-34-30-16-14-12-10-8-6-4-2/h9,11,15,17,29-30,33-34,41,45-46,50,56-58,61-64,66-67,70-72H,3-8,10,12-14,16,18-28,31-32,35-40,42-44,47-49,51-55H2,1-2H3,(H,65,68)/b11-9-,17-15-,33-29-,34-30+,45-41-,50-46+. The second-order valence-electron chi connectivity index (χ2n) is 21.0. The van der Waals surface area contributed by atoms with Crippen LogP contribution in [0.5, 0.6) is 0 Å². The molecule has 0 aromatic carbocycles. The highest BCUT2D eigenvalue weighted by Crippen LogP contribution is 2.23. The summed E-state index contributed by atoms with van der Waals surface area (Å²) in [7, 11) is 0. The average molecular weight is 1060 g/mol. The van der Waals surface area contributed by atoms with E-state index in [1.807, 2.05) is 6.08 Å². The monoisotopic (exact) mass is 1060 g/mol. The lowest BCUT2D eigenvalue weighted by atomic mass is 9.99. The van der Waals surface area contributed by atoms with Crippen LogP contribution in [-0.2, 0) is 23.8 Å². The summed E-state index contributed by atoms with van der Waals surface area (Å²) in [6.45, 7) is 4.14. The highest BCUT2D eigenvalue weighted by Gasteiger charge is 2.44. The van der Waals surface area contributed by atoms with Crippen molar-refractivity contribution >= 4 is 11.9 Å². The van der Waals surface area contributed by atoms with Crippen molar-refractivity contribution in [2.75, 3.05) is 19.8 Å². The van der Waals surface area contributed by atoms with Gasteiger partial charge in [-0.05, 0) is 89.9 Å². The molecule has 1 heterocycles. The van der Waals surface area contributed by atoms with Gasteiger partial charge in [-0.15, -0.1) is 0 Å². The van der Waals surface area contributed by atoms with Crippen molar-refractivity contribution in [3.63, 3.8) is 0 Å². The molecule has 0 bridgehead atoms. The number of ether oxygens (including phenoxy) is 3. The minimum Gasteiger partial charge on any atom is -0.465 e. The molecule has 11 heteroatoms. The second-order valence-corrected chi connectivity index (χ2v) is 21.0. The Hall–Kier alpha value is -2.90. The Labute approximate surface area is 458 Å². The number of allylic oxidation sites excluding steroid dienone is 10. The first kappa shape index (κ1) is 70.1. The third kappa shape index (κ3) is 42.8. The minimum atomic E-state index is -1.58. The van der Waals surface area contributed by atoms with Crippen molar-refractivity contribution in [2.45, 2.75) is 301 Å². The summed E-state index contributed by atoms with van der Waals surface area (Å²) in [5.74, 6) is -0.263. The van der Waals surface area contributed by atoms with Gasteiger partial charge in [0.15, 0.2) is 6.29 Å². The molecular weight excluding hydrogens is 943 g/mol. The molecule has 0 saturated carbocycles. The van der Waals surface area contributed by atoms with E-state index < -0.39 is 49.5 Å². The largest absolute Gasteiger partial charge is 0.465 e. The van der Waals surface area contributed by atoms with Crippen molar-refractivity contribution in [1.29, 1.82) is 0 Å². The third-order valence-corrected chi connectivity index (χ3v) is 14.0. The van der Waals surface area contributed by atoms with E-state index in [2.05, 4.69) is 79.9 Å². The third-order valence-electron chi connectivity index (χ3n) is 14.0. The molecule has 0 spiro atoms. The fourth-order valence-electron chi connectivity index (χ4n) is 9.13. The SMILES string of the molecule is CCCC/C=C\C/C=C\CCCCCCCC(=O)OCC/C=C\C/C=C\CCCCCCCCCCCCCCCCC(=O)NC(COC1OC(CO)C(O)C(O)C1O)C(O)/C=C/CC/C=C/CCCCCCCC. The summed E-state index contributed by atoms with van der Waals surface area (Å²) in [6.07, 6.45) is 60.1. The maximum atomic E-state index is 13.0. The van der Waals surface area contributed by atoms with Crippen LogP contribution in [0.2, 0.25) is 0 Å². The van der Waals surface area contributed by atoms with Gasteiger partial charge in [0.1, 0.15) is 24.4 Å². The molecule has 1 fully saturated rings. The molecule has 1 saturated heterocycles. The van der Waals surface area contributed by atoms with Gasteiger partial charge in [0.25, 0.3) is 0 Å². The molecule has 1 aliphatic rings. The molecular formula is C64H113NO10. The number of aliphatic hydroxyl groups is 5. The molecule has 7 atom stereocenters. The number of carbonyl (C=O) groups is 2. The first-order valence-electron chi connectivity index (χ1n) is 30.7. The number of hydrogen-bond acceptors (Lipinski definition) is 10. The van der Waals surface area contributed by atoms with E-state index in [1.54, 1.807) is 6.08 Å². The number of esters is 1. The first-order valence-corrected chi connectivity index (χ1v) is 30.7. The molecule has 0 aliphatic carbocycles. The number of unbranched alkanes of at least 4 members (excludes halogenated alkanes) is 28. The highest BCUT2D eigenvalue weighted by molar-refractivity contribution is 5.76. The van der Waals surface area contributed by atoms with Gasteiger partial charge in [-0.1, -0.05) is 228 Å². The Kier molecular flexibility index (Phi) is 49.7. The minimum absolute atomic E-state index is 0.0645. The van der Waals surface area contributed by atoms with Crippen LogP contribution in [0, 0.1) is 0 Å². The lowest BCUT2D eigenvalue weighted by Gasteiger charge is -2.40. The Balaban J connectivity index is 2.08. The number of carbonyl (C=O) groups excluding carboxylic acids is 2. The maximum Gasteiger partial charge on any atom is 0.305 e. The Morgan fingerprint density at radius 2 is 0.920 bits per heavy atom. The smallest absolute Gasteiger partial charge is 0.305 e. The molecule has 1 amide bonds. The first-order chi connectivity index (χ1) is 36.7. The van der Waals surface area contributed by atoms with Crippen LogP contribution in [0.3, 0.4) is 0 Å². The number of rotatable bonds is 52. The molecule has 7 unspecified atom stereocenters. The van der Waals surface area contributed by atoms with Gasteiger partial charge in [0, 0.05) is 12.8 Å². The van der Waals surface area contributed by atoms with E-state index in [4.69, 9.17) is 14.2 Å². The molecule has 6 N–H and O–H groups in total.